The topological polar surface area (TPSA) is 21.3 Å². The average Bonchev–Trinajstić information content (AvgIpc) is 2.83. The number of hydrogen-bond acceptors (Lipinski definition) is 3. The van der Waals surface area contributed by atoms with Gasteiger partial charge in [0, 0.05) is 18.4 Å². The summed E-state index contributed by atoms with van der Waals surface area (Å²) in [7, 11) is 2.14. The van der Waals surface area contributed by atoms with Gasteiger partial charge < -0.3 is 10.1 Å². The lowest BCUT2D eigenvalue weighted by atomic mass is 9.80. The minimum absolute atomic E-state index is 0.243. The third-order valence-corrected chi connectivity index (χ3v) is 5.88. The normalized spacial score (nSPS) is 34.0. The molecular weight excluding hydrogens is 242 g/mol. The minimum atomic E-state index is 0.243. The van der Waals surface area contributed by atoms with Crippen molar-refractivity contribution in [2.24, 2.45) is 5.92 Å². The molecule has 18 heavy (non-hydrogen) atoms. The Labute approximate surface area is 117 Å². The lowest BCUT2D eigenvalue weighted by molar-refractivity contribution is -0.0852. The molecule has 106 valence electrons. The maximum absolute atomic E-state index is 6.13. The van der Waals surface area contributed by atoms with E-state index in [2.05, 4.69) is 31.1 Å². The summed E-state index contributed by atoms with van der Waals surface area (Å²) in [5.74, 6) is 3.36. The number of thioether (sulfide) groups is 1. The van der Waals surface area contributed by atoms with Gasteiger partial charge in [0.15, 0.2) is 0 Å². The fourth-order valence-corrected chi connectivity index (χ4v) is 4.88. The molecule has 0 saturated carbocycles. The quantitative estimate of drug-likeness (QED) is 0.748. The Hall–Kier alpha value is 0.270. The zero-order chi connectivity index (χ0) is 12.8. The highest BCUT2D eigenvalue weighted by atomic mass is 32.2. The van der Waals surface area contributed by atoms with Gasteiger partial charge in [-0.2, -0.15) is 11.8 Å². The lowest BCUT2D eigenvalue weighted by Gasteiger charge is -2.41. The van der Waals surface area contributed by atoms with Crippen molar-refractivity contribution in [3.63, 3.8) is 0 Å². The van der Waals surface area contributed by atoms with Gasteiger partial charge in [-0.05, 0) is 44.4 Å². The van der Waals surface area contributed by atoms with E-state index in [0.29, 0.717) is 6.04 Å². The average molecular weight is 271 g/mol. The van der Waals surface area contributed by atoms with Crippen LogP contribution in [0.15, 0.2) is 0 Å². The summed E-state index contributed by atoms with van der Waals surface area (Å²) < 4.78 is 6.13. The second-order valence-electron chi connectivity index (χ2n) is 5.98. The zero-order valence-electron chi connectivity index (χ0n) is 12.0. The van der Waals surface area contributed by atoms with E-state index in [9.17, 15) is 0 Å². The van der Waals surface area contributed by atoms with Crippen molar-refractivity contribution in [2.75, 3.05) is 25.2 Å². The number of hydrogen-bond donors (Lipinski definition) is 1. The van der Waals surface area contributed by atoms with E-state index in [4.69, 9.17) is 4.74 Å². The first-order valence-corrected chi connectivity index (χ1v) is 8.84. The van der Waals surface area contributed by atoms with Crippen molar-refractivity contribution in [1.29, 1.82) is 0 Å². The van der Waals surface area contributed by atoms with Crippen LogP contribution >= 0.6 is 11.8 Å². The highest BCUT2D eigenvalue weighted by Crippen LogP contribution is 2.41. The molecule has 0 aromatic rings. The molecule has 0 aromatic carbocycles. The monoisotopic (exact) mass is 271 g/mol. The van der Waals surface area contributed by atoms with Gasteiger partial charge in [0.25, 0.3) is 0 Å². The molecule has 1 N–H and O–H groups in total. The van der Waals surface area contributed by atoms with E-state index in [1.807, 2.05) is 0 Å². The summed E-state index contributed by atoms with van der Waals surface area (Å²) in [5.41, 5.74) is 0.243. The van der Waals surface area contributed by atoms with E-state index in [1.54, 1.807) is 0 Å². The van der Waals surface area contributed by atoms with Crippen LogP contribution < -0.4 is 5.32 Å². The summed E-state index contributed by atoms with van der Waals surface area (Å²) in [6.45, 7) is 3.27. The molecular formula is C15H29NOS. The van der Waals surface area contributed by atoms with Crippen LogP contribution in [0.5, 0.6) is 0 Å². The van der Waals surface area contributed by atoms with Crippen molar-refractivity contribution >= 4 is 11.8 Å². The Balaban J connectivity index is 1.85. The summed E-state index contributed by atoms with van der Waals surface area (Å²) in [4.78, 5) is 0. The maximum Gasteiger partial charge on any atom is 0.0783 e. The summed E-state index contributed by atoms with van der Waals surface area (Å²) in [6.07, 6.45) is 9.24. The Bertz CT molecular complexity index is 241. The molecule has 2 nitrogen and oxygen atoms in total. The van der Waals surface area contributed by atoms with Gasteiger partial charge in [-0.25, -0.2) is 0 Å². The highest BCUT2D eigenvalue weighted by Gasteiger charge is 2.41. The van der Waals surface area contributed by atoms with Crippen molar-refractivity contribution < 1.29 is 4.74 Å². The van der Waals surface area contributed by atoms with Gasteiger partial charge in [-0.3, -0.25) is 0 Å². The molecule has 2 rings (SSSR count). The Morgan fingerprint density at radius 3 is 3.00 bits per heavy atom. The maximum atomic E-state index is 6.13. The summed E-state index contributed by atoms with van der Waals surface area (Å²) in [5, 5.41) is 3.57. The zero-order valence-corrected chi connectivity index (χ0v) is 12.9. The number of nitrogens with one attached hydrogen (secondary N) is 1. The van der Waals surface area contributed by atoms with Crippen LogP contribution in [0.4, 0.5) is 0 Å². The molecule has 3 atom stereocenters. The van der Waals surface area contributed by atoms with Crippen molar-refractivity contribution in [2.45, 2.75) is 63.5 Å². The standard InChI is InChI=1S/C15H29NOS/c1-3-4-5-6-14(16-2)13-7-9-17-15(11-13)8-10-18-12-15/h13-14,16H,3-12H2,1-2H3. The van der Waals surface area contributed by atoms with Gasteiger partial charge in [0.1, 0.15) is 0 Å². The molecule has 2 heterocycles. The van der Waals surface area contributed by atoms with E-state index < -0.39 is 0 Å². The van der Waals surface area contributed by atoms with Crippen LogP contribution in [0.3, 0.4) is 0 Å². The van der Waals surface area contributed by atoms with Gasteiger partial charge in [-0.15, -0.1) is 0 Å². The molecule has 2 saturated heterocycles. The molecule has 3 heteroatoms. The number of rotatable bonds is 6. The van der Waals surface area contributed by atoms with Crippen LogP contribution in [0.2, 0.25) is 0 Å². The third-order valence-electron chi connectivity index (χ3n) is 4.66. The van der Waals surface area contributed by atoms with E-state index in [0.717, 1.165) is 12.5 Å². The molecule has 1 spiro atoms. The molecule has 0 aromatic heterocycles. The lowest BCUT2D eigenvalue weighted by Crippen LogP contribution is -2.46. The van der Waals surface area contributed by atoms with E-state index >= 15 is 0 Å². The first-order chi connectivity index (χ1) is 8.79. The van der Waals surface area contributed by atoms with Crippen LogP contribution in [-0.4, -0.2) is 36.8 Å². The Kier molecular flexibility index (Phi) is 5.84. The smallest absolute Gasteiger partial charge is 0.0783 e. The molecule has 3 unspecified atom stereocenters. The molecule has 2 fully saturated rings. The summed E-state index contributed by atoms with van der Waals surface area (Å²) >= 11 is 2.08. The molecule has 2 aliphatic heterocycles. The van der Waals surface area contributed by atoms with Gasteiger partial charge >= 0.3 is 0 Å². The first kappa shape index (κ1) is 14.7. The van der Waals surface area contributed by atoms with Gasteiger partial charge in [-0.1, -0.05) is 26.2 Å². The van der Waals surface area contributed by atoms with E-state index in [-0.39, 0.29) is 5.60 Å². The molecule has 0 amide bonds. The Morgan fingerprint density at radius 2 is 2.33 bits per heavy atom. The molecule has 0 bridgehead atoms. The second kappa shape index (κ2) is 7.16. The van der Waals surface area contributed by atoms with Crippen LogP contribution in [0.1, 0.15) is 51.9 Å². The van der Waals surface area contributed by atoms with Gasteiger partial charge in [0.2, 0.25) is 0 Å². The minimum Gasteiger partial charge on any atom is -0.374 e. The fourth-order valence-electron chi connectivity index (χ4n) is 3.50. The van der Waals surface area contributed by atoms with Crippen LogP contribution in [0.25, 0.3) is 0 Å². The van der Waals surface area contributed by atoms with E-state index in [1.165, 1.54) is 56.5 Å². The highest BCUT2D eigenvalue weighted by molar-refractivity contribution is 7.99. The SMILES string of the molecule is CCCCCC(NC)C1CCOC2(CCSC2)C1. The third kappa shape index (κ3) is 3.64. The molecule has 0 radical (unpaired) electrons. The van der Waals surface area contributed by atoms with Crippen LogP contribution in [0, 0.1) is 5.92 Å². The molecule has 2 aliphatic rings. The second-order valence-corrected chi connectivity index (χ2v) is 7.08. The van der Waals surface area contributed by atoms with Crippen LogP contribution in [-0.2, 0) is 4.74 Å². The largest absolute Gasteiger partial charge is 0.374 e. The van der Waals surface area contributed by atoms with Crippen molar-refractivity contribution in [3.05, 3.63) is 0 Å². The predicted molar refractivity (Wildman–Crippen MR) is 80.3 cm³/mol. The van der Waals surface area contributed by atoms with Gasteiger partial charge in [0.05, 0.1) is 5.60 Å². The molecule has 0 aliphatic carbocycles. The first-order valence-electron chi connectivity index (χ1n) is 7.68. The summed E-state index contributed by atoms with van der Waals surface area (Å²) in [6, 6.07) is 0.711. The van der Waals surface area contributed by atoms with Crippen molar-refractivity contribution in [3.8, 4) is 0 Å². The number of unbranched alkanes of at least 4 members (excludes halogenated alkanes) is 2. The predicted octanol–water partition coefficient (Wildman–Crippen LogP) is 3.46. The number of ether oxygens (including phenoxy) is 1. The fraction of sp³-hybridized carbons (Fsp3) is 1.00. The van der Waals surface area contributed by atoms with Crippen molar-refractivity contribution in [1.82, 2.24) is 5.32 Å². The Morgan fingerprint density at radius 1 is 1.44 bits per heavy atom.